The lowest BCUT2D eigenvalue weighted by atomic mass is 9.47. The van der Waals surface area contributed by atoms with Gasteiger partial charge in [-0.25, -0.2) is 4.79 Å². The predicted octanol–water partition coefficient (Wildman–Crippen LogP) is 15.1. The molecule has 0 radical (unpaired) electrons. The van der Waals surface area contributed by atoms with Crippen LogP contribution in [0.4, 0.5) is 0 Å². The topological polar surface area (TPSA) is 44.8 Å². The second-order valence-corrected chi connectivity index (χ2v) is 20.2. The van der Waals surface area contributed by atoms with Crippen LogP contribution in [-0.4, -0.2) is 31.9 Å². The molecule has 1 aromatic rings. The molecule has 0 unspecified atom stereocenters. The van der Waals surface area contributed by atoms with E-state index in [-0.39, 0.29) is 5.97 Å². The molecule has 3 fully saturated rings. The van der Waals surface area contributed by atoms with E-state index in [9.17, 15) is 4.79 Å². The third-order valence-electron chi connectivity index (χ3n) is 15.7. The van der Waals surface area contributed by atoms with Gasteiger partial charge in [0.05, 0.1) is 19.3 Å². The van der Waals surface area contributed by atoms with Crippen molar-refractivity contribution in [2.45, 2.75) is 202 Å². The molecule has 8 atom stereocenters. The van der Waals surface area contributed by atoms with Crippen LogP contribution in [0.1, 0.15) is 201 Å². The maximum atomic E-state index is 12.3. The summed E-state index contributed by atoms with van der Waals surface area (Å²) >= 11 is 0. The summed E-state index contributed by atoms with van der Waals surface area (Å²) in [6, 6.07) is 7.97. The minimum Gasteiger partial charge on any atom is -0.494 e. The highest BCUT2D eigenvalue weighted by Gasteiger charge is 2.59. The average Bonchev–Trinajstić information content (AvgIpc) is 3.56. The van der Waals surface area contributed by atoms with Gasteiger partial charge in [0.15, 0.2) is 0 Å². The highest BCUT2D eigenvalue weighted by Crippen LogP contribution is 2.67. The van der Waals surface area contributed by atoms with Crippen LogP contribution in [0.15, 0.2) is 42.0 Å². The number of carbonyl (C=O) groups excluding carboxylic acids is 1. The molecular weight excluding hydrogens is 701 g/mol. The molecule has 1 aromatic carbocycles. The molecule has 4 aliphatic rings. The summed E-state index contributed by atoms with van der Waals surface area (Å²) < 4.78 is 17.9. The van der Waals surface area contributed by atoms with Gasteiger partial charge in [0.1, 0.15) is 5.75 Å². The van der Waals surface area contributed by atoms with Crippen LogP contribution in [0.5, 0.6) is 5.75 Å². The van der Waals surface area contributed by atoms with Gasteiger partial charge in [-0.3, -0.25) is 0 Å². The van der Waals surface area contributed by atoms with Crippen molar-refractivity contribution in [1.82, 2.24) is 0 Å². The number of allylic oxidation sites excluding steroid dienone is 1. The van der Waals surface area contributed by atoms with Crippen LogP contribution in [0, 0.1) is 46.3 Å². The van der Waals surface area contributed by atoms with Crippen LogP contribution >= 0.6 is 0 Å². The number of hydrogen-bond donors (Lipinski definition) is 0. The highest BCUT2D eigenvalue weighted by atomic mass is 16.5. The minimum absolute atomic E-state index is 0.275. The summed E-state index contributed by atoms with van der Waals surface area (Å²) in [5, 5.41) is 0. The monoisotopic (exact) mass is 787 g/mol. The van der Waals surface area contributed by atoms with E-state index in [1.54, 1.807) is 5.57 Å². The van der Waals surface area contributed by atoms with Gasteiger partial charge in [0.25, 0.3) is 0 Å². The predicted molar refractivity (Wildman–Crippen MR) is 240 cm³/mol. The molecule has 0 saturated heterocycles. The van der Waals surface area contributed by atoms with Gasteiger partial charge in [0.2, 0.25) is 0 Å². The zero-order valence-corrected chi connectivity index (χ0v) is 37.8. The fourth-order valence-electron chi connectivity index (χ4n) is 12.3. The van der Waals surface area contributed by atoms with E-state index in [1.807, 2.05) is 30.3 Å². The number of fused-ring (bicyclic) bond motifs is 5. The molecule has 5 rings (SSSR count). The molecule has 0 bridgehead atoms. The summed E-state index contributed by atoms with van der Waals surface area (Å²) in [6.45, 7) is 17.0. The molecule has 4 aliphatic carbocycles. The maximum Gasteiger partial charge on any atom is 0.330 e. The quantitative estimate of drug-likeness (QED) is 0.0406. The molecular formula is C53H86O4. The van der Waals surface area contributed by atoms with Crippen LogP contribution in [0.2, 0.25) is 0 Å². The molecule has 57 heavy (non-hydrogen) atoms. The third-order valence-corrected chi connectivity index (χ3v) is 15.7. The Morgan fingerprint density at radius 1 is 0.754 bits per heavy atom. The van der Waals surface area contributed by atoms with Crippen molar-refractivity contribution in [1.29, 1.82) is 0 Å². The number of unbranched alkanes of at least 4 members (excludes halogenated alkanes) is 11. The van der Waals surface area contributed by atoms with Crippen LogP contribution in [-0.2, 0) is 14.3 Å². The number of ether oxygens (including phenoxy) is 3. The lowest BCUT2D eigenvalue weighted by Gasteiger charge is -2.58. The Kier molecular flexibility index (Phi) is 19.1. The minimum atomic E-state index is -0.275. The van der Waals surface area contributed by atoms with Crippen LogP contribution < -0.4 is 4.74 Å². The lowest BCUT2D eigenvalue weighted by molar-refractivity contribution is -0.137. The van der Waals surface area contributed by atoms with Crippen LogP contribution in [0.3, 0.4) is 0 Å². The Morgan fingerprint density at radius 2 is 1.44 bits per heavy atom. The van der Waals surface area contributed by atoms with E-state index in [4.69, 9.17) is 14.2 Å². The van der Waals surface area contributed by atoms with Crippen molar-refractivity contribution in [3.05, 3.63) is 47.6 Å². The van der Waals surface area contributed by atoms with E-state index in [1.165, 1.54) is 128 Å². The molecule has 0 amide bonds. The van der Waals surface area contributed by atoms with Crippen molar-refractivity contribution in [2.75, 3.05) is 19.8 Å². The van der Waals surface area contributed by atoms with E-state index in [0.717, 1.165) is 92.1 Å². The second-order valence-electron chi connectivity index (χ2n) is 20.2. The van der Waals surface area contributed by atoms with Gasteiger partial charge in [-0.15, -0.1) is 0 Å². The van der Waals surface area contributed by atoms with Gasteiger partial charge in [-0.05, 0) is 147 Å². The fraction of sp³-hybridized carbons (Fsp3) is 0.792. The Hall–Kier alpha value is -2.07. The van der Waals surface area contributed by atoms with Crippen molar-refractivity contribution in [2.24, 2.45) is 46.3 Å². The normalized spacial score (nSPS) is 28.8. The van der Waals surface area contributed by atoms with E-state index < -0.39 is 0 Å². The summed E-state index contributed by atoms with van der Waals surface area (Å²) in [5.74, 6) is 5.95. The molecule has 4 heteroatoms. The van der Waals surface area contributed by atoms with E-state index in [0.29, 0.717) is 23.5 Å². The zero-order valence-electron chi connectivity index (χ0n) is 37.8. The summed E-state index contributed by atoms with van der Waals surface area (Å²) in [6.07, 6.45) is 37.7. The third kappa shape index (κ3) is 13.5. The summed E-state index contributed by atoms with van der Waals surface area (Å²) in [5.41, 5.74) is 3.64. The number of hydrogen-bond acceptors (Lipinski definition) is 4. The van der Waals surface area contributed by atoms with Crippen LogP contribution in [0.25, 0.3) is 6.08 Å². The molecule has 0 aromatic heterocycles. The molecule has 3 saturated carbocycles. The number of rotatable bonds is 26. The first-order valence-corrected chi connectivity index (χ1v) is 24.5. The van der Waals surface area contributed by atoms with Gasteiger partial charge in [-0.2, -0.15) is 0 Å². The van der Waals surface area contributed by atoms with Crippen molar-refractivity contribution >= 4 is 12.0 Å². The van der Waals surface area contributed by atoms with E-state index >= 15 is 0 Å². The van der Waals surface area contributed by atoms with Gasteiger partial charge >= 0.3 is 5.97 Å². The molecule has 0 N–H and O–H groups in total. The Balaban J connectivity index is 0.908. The first-order chi connectivity index (χ1) is 27.6. The Labute approximate surface area is 351 Å². The molecule has 0 heterocycles. The molecule has 0 spiro atoms. The largest absolute Gasteiger partial charge is 0.494 e. The van der Waals surface area contributed by atoms with Crippen molar-refractivity contribution in [3.8, 4) is 5.75 Å². The summed E-state index contributed by atoms with van der Waals surface area (Å²) in [7, 11) is 0. The van der Waals surface area contributed by atoms with Gasteiger partial charge in [-0.1, -0.05) is 142 Å². The van der Waals surface area contributed by atoms with Gasteiger partial charge in [0, 0.05) is 12.7 Å². The number of carbonyl (C=O) groups is 1. The maximum absolute atomic E-state index is 12.3. The average molecular weight is 787 g/mol. The Morgan fingerprint density at radius 3 is 2.18 bits per heavy atom. The first kappa shape index (κ1) is 46.0. The standard InChI is InChI=1S/C53H86O4/c1-7-8-9-10-11-12-13-14-15-17-37-55-45-27-23-43(24-28-45)25-32-51(54)57-39-19-16-18-38-56-46-33-35-52(5)44(40-46)26-29-47-49-31-30-48(42(4)22-20-21-41(2)3)53(49,6)36-34-50(47)52/h23-28,32,41-42,46-50H,7-22,29-31,33-40H2,1-6H3/b32-25+/t42-,46+,47+,48-,49+,50+,52+,53-/m1/s1. The smallest absolute Gasteiger partial charge is 0.330 e. The number of benzene rings is 1. The van der Waals surface area contributed by atoms with Gasteiger partial charge < -0.3 is 14.2 Å². The summed E-state index contributed by atoms with van der Waals surface area (Å²) in [4.78, 5) is 12.3. The number of esters is 1. The fourth-order valence-corrected chi connectivity index (χ4v) is 12.3. The van der Waals surface area contributed by atoms with Crippen molar-refractivity contribution < 1.29 is 19.0 Å². The molecule has 322 valence electrons. The molecule has 4 nitrogen and oxygen atoms in total. The molecule has 0 aliphatic heterocycles. The zero-order chi connectivity index (χ0) is 40.5. The van der Waals surface area contributed by atoms with Crippen molar-refractivity contribution in [3.63, 3.8) is 0 Å². The SMILES string of the molecule is CCCCCCCCCCCCOc1ccc(/C=C/C(=O)OCCCCCO[C@H]2CC[C@@]3(C)C(=CC[C@H]4[C@@H]5CC[C@H]([C@H](C)CCCC(C)C)[C@@]5(C)CC[C@@H]43)C2)cc1. The highest BCUT2D eigenvalue weighted by molar-refractivity contribution is 5.87. The Bertz CT molecular complexity index is 1360. The first-order valence-electron chi connectivity index (χ1n) is 24.5. The lowest BCUT2D eigenvalue weighted by Crippen LogP contribution is -2.51. The second kappa shape index (κ2) is 23.6. The van der Waals surface area contributed by atoms with E-state index in [2.05, 4.69) is 47.6 Å².